The highest BCUT2D eigenvalue weighted by atomic mass is 32.2. The normalized spacial score (nSPS) is 18.8. The lowest BCUT2D eigenvalue weighted by atomic mass is 10.0. The highest BCUT2D eigenvalue weighted by Crippen LogP contribution is 2.31. The van der Waals surface area contributed by atoms with Gasteiger partial charge in [0.2, 0.25) is 0 Å². The van der Waals surface area contributed by atoms with E-state index < -0.39 is 0 Å². The third kappa shape index (κ3) is 3.27. The lowest BCUT2D eigenvalue weighted by molar-refractivity contribution is 0.0980. The van der Waals surface area contributed by atoms with Gasteiger partial charge in [0.25, 0.3) is 0 Å². The van der Waals surface area contributed by atoms with E-state index in [1.807, 2.05) is 24.3 Å². The number of methoxy groups -OCH3 is 1. The molecule has 0 aliphatic carbocycles. The van der Waals surface area contributed by atoms with Gasteiger partial charge < -0.3 is 9.47 Å². The average Bonchev–Trinajstić information content (AvgIpc) is 2.93. The van der Waals surface area contributed by atoms with Gasteiger partial charge in [-0.1, -0.05) is 12.1 Å². The van der Waals surface area contributed by atoms with Crippen molar-refractivity contribution in [1.29, 1.82) is 0 Å². The minimum absolute atomic E-state index is 0.108. The summed E-state index contributed by atoms with van der Waals surface area (Å²) < 4.78 is 10.6. The van der Waals surface area contributed by atoms with Crippen LogP contribution in [0.5, 0.6) is 5.75 Å². The van der Waals surface area contributed by atoms with E-state index in [1.54, 1.807) is 18.9 Å². The average molecular weight is 266 g/mol. The van der Waals surface area contributed by atoms with Crippen LogP contribution in [0.4, 0.5) is 0 Å². The summed E-state index contributed by atoms with van der Waals surface area (Å²) in [6.45, 7) is 0.999. The minimum atomic E-state index is 0.108. The van der Waals surface area contributed by atoms with E-state index in [1.165, 1.54) is 0 Å². The van der Waals surface area contributed by atoms with Crippen molar-refractivity contribution in [3.8, 4) is 5.75 Å². The molecule has 1 fully saturated rings. The summed E-state index contributed by atoms with van der Waals surface area (Å²) >= 11 is 1.75. The molecule has 0 spiro atoms. The molecule has 18 heavy (non-hydrogen) atoms. The first kappa shape index (κ1) is 13.4. The second-order valence-electron chi connectivity index (χ2n) is 4.20. The van der Waals surface area contributed by atoms with Crippen LogP contribution in [0.25, 0.3) is 0 Å². The van der Waals surface area contributed by atoms with Gasteiger partial charge in [-0.3, -0.25) is 4.79 Å². The molecule has 0 aromatic heterocycles. The first-order chi connectivity index (χ1) is 8.83. The number of benzene rings is 1. The van der Waals surface area contributed by atoms with Crippen molar-refractivity contribution < 1.29 is 14.3 Å². The van der Waals surface area contributed by atoms with Crippen LogP contribution in [0.3, 0.4) is 0 Å². The molecule has 1 aliphatic rings. The second kappa shape index (κ2) is 6.81. The van der Waals surface area contributed by atoms with Crippen molar-refractivity contribution in [3.05, 3.63) is 29.8 Å². The number of hydrogen-bond donors (Lipinski definition) is 0. The molecule has 3 nitrogen and oxygen atoms in total. The fourth-order valence-corrected chi connectivity index (χ4v) is 3.22. The maximum Gasteiger partial charge on any atom is 0.179 e. The van der Waals surface area contributed by atoms with Crippen molar-refractivity contribution in [1.82, 2.24) is 0 Å². The third-order valence-electron chi connectivity index (χ3n) is 2.92. The van der Waals surface area contributed by atoms with Gasteiger partial charge in [0.05, 0.1) is 17.4 Å². The predicted octanol–water partition coefficient (Wildman–Crippen LogP) is 2.79. The van der Waals surface area contributed by atoms with Crippen LogP contribution in [-0.4, -0.2) is 37.1 Å². The number of hydrogen-bond acceptors (Lipinski definition) is 4. The number of para-hydroxylation sites is 1. The maximum absolute atomic E-state index is 12.4. The number of carbonyl (C=O) groups is 1. The molecule has 98 valence electrons. The van der Waals surface area contributed by atoms with E-state index >= 15 is 0 Å². The Morgan fingerprint density at radius 3 is 2.94 bits per heavy atom. The van der Waals surface area contributed by atoms with Gasteiger partial charge in [-0.05, 0) is 30.7 Å². The van der Waals surface area contributed by atoms with Crippen molar-refractivity contribution in [3.63, 3.8) is 0 Å². The van der Waals surface area contributed by atoms with Crippen LogP contribution in [0.15, 0.2) is 24.3 Å². The smallest absolute Gasteiger partial charge is 0.179 e. The van der Waals surface area contributed by atoms with Gasteiger partial charge in [0.15, 0.2) is 5.78 Å². The Balaban J connectivity index is 2.08. The van der Waals surface area contributed by atoms with Crippen LogP contribution >= 0.6 is 11.8 Å². The van der Waals surface area contributed by atoms with Gasteiger partial charge in [0.1, 0.15) is 12.4 Å². The van der Waals surface area contributed by atoms with Gasteiger partial charge in [-0.25, -0.2) is 0 Å². The van der Waals surface area contributed by atoms with E-state index in [0.717, 1.165) is 18.6 Å². The van der Waals surface area contributed by atoms with Crippen LogP contribution in [-0.2, 0) is 4.74 Å². The highest BCUT2D eigenvalue weighted by Gasteiger charge is 2.26. The number of ether oxygens (including phenoxy) is 2. The molecule has 1 atom stereocenters. The zero-order valence-electron chi connectivity index (χ0n) is 10.6. The topological polar surface area (TPSA) is 35.5 Å². The Morgan fingerprint density at radius 2 is 2.22 bits per heavy atom. The van der Waals surface area contributed by atoms with E-state index in [2.05, 4.69) is 0 Å². The molecule has 2 rings (SSSR count). The molecular weight excluding hydrogens is 248 g/mol. The molecule has 1 aromatic rings. The summed E-state index contributed by atoms with van der Waals surface area (Å²) in [6.07, 6.45) is 2.11. The van der Waals surface area contributed by atoms with Crippen molar-refractivity contribution in [2.24, 2.45) is 0 Å². The standard InChI is InChI=1S/C14H18O3S/c1-16-8-9-17-12-6-3-2-5-11(12)14(15)13-7-4-10-18-13/h2-3,5-6,13H,4,7-10H2,1H3. The molecule has 1 unspecified atom stereocenters. The predicted molar refractivity (Wildman–Crippen MR) is 73.6 cm³/mol. The summed E-state index contributed by atoms with van der Waals surface area (Å²) in [5.74, 6) is 1.96. The number of thioether (sulfide) groups is 1. The first-order valence-electron chi connectivity index (χ1n) is 6.19. The number of rotatable bonds is 6. The van der Waals surface area contributed by atoms with Gasteiger partial charge in [0, 0.05) is 7.11 Å². The van der Waals surface area contributed by atoms with Gasteiger partial charge in [-0.15, -0.1) is 0 Å². The van der Waals surface area contributed by atoms with Crippen molar-refractivity contribution >= 4 is 17.5 Å². The van der Waals surface area contributed by atoms with E-state index in [4.69, 9.17) is 9.47 Å². The van der Waals surface area contributed by atoms with Crippen molar-refractivity contribution in [2.75, 3.05) is 26.1 Å². The van der Waals surface area contributed by atoms with E-state index in [0.29, 0.717) is 24.5 Å². The number of carbonyl (C=O) groups excluding carboxylic acids is 1. The zero-order chi connectivity index (χ0) is 12.8. The van der Waals surface area contributed by atoms with Gasteiger partial charge >= 0.3 is 0 Å². The van der Waals surface area contributed by atoms with Crippen molar-refractivity contribution in [2.45, 2.75) is 18.1 Å². The fraction of sp³-hybridized carbons (Fsp3) is 0.500. The number of ketones is 1. The lowest BCUT2D eigenvalue weighted by Crippen LogP contribution is -2.16. The molecule has 0 saturated carbocycles. The third-order valence-corrected chi connectivity index (χ3v) is 4.30. The van der Waals surface area contributed by atoms with Crippen LogP contribution in [0, 0.1) is 0 Å². The Morgan fingerprint density at radius 1 is 1.39 bits per heavy atom. The van der Waals surface area contributed by atoms with E-state index in [-0.39, 0.29) is 11.0 Å². The number of Topliss-reactive ketones (excluding diaryl/α,β-unsaturated/α-hetero) is 1. The zero-order valence-corrected chi connectivity index (χ0v) is 11.4. The summed E-state index contributed by atoms with van der Waals surface area (Å²) in [4.78, 5) is 12.4. The molecule has 1 aromatic carbocycles. The Bertz CT molecular complexity index is 400. The molecule has 4 heteroatoms. The summed E-state index contributed by atoms with van der Waals surface area (Å²) in [6, 6.07) is 7.47. The van der Waals surface area contributed by atoms with E-state index in [9.17, 15) is 4.79 Å². The molecule has 1 saturated heterocycles. The monoisotopic (exact) mass is 266 g/mol. The van der Waals surface area contributed by atoms with Crippen LogP contribution in [0.1, 0.15) is 23.2 Å². The Kier molecular flexibility index (Phi) is 5.08. The second-order valence-corrected chi connectivity index (χ2v) is 5.51. The quantitative estimate of drug-likeness (QED) is 0.586. The summed E-state index contributed by atoms with van der Waals surface area (Å²) in [7, 11) is 1.63. The fourth-order valence-electron chi connectivity index (χ4n) is 1.99. The lowest BCUT2D eigenvalue weighted by Gasteiger charge is -2.13. The molecule has 0 bridgehead atoms. The van der Waals surface area contributed by atoms with Crippen LogP contribution in [0.2, 0.25) is 0 Å². The van der Waals surface area contributed by atoms with Gasteiger partial charge in [-0.2, -0.15) is 11.8 Å². The molecule has 0 N–H and O–H groups in total. The molecule has 1 heterocycles. The molecule has 0 amide bonds. The Labute approximate surface area is 112 Å². The SMILES string of the molecule is COCCOc1ccccc1C(=O)C1CCCS1. The largest absolute Gasteiger partial charge is 0.490 e. The molecular formula is C14H18O3S. The van der Waals surface area contributed by atoms with Crippen LogP contribution < -0.4 is 4.74 Å². The maximum atomic E-state index is 12.4. The summed E-state index contributed by atoms with van der Waals surface area (Å²) in [5.41, 5.74) is 0.702. The molecule has 0 radical (unpaired) electrons. The molecule has 1 aliphatic heterocycles. The summed E-state index contributed by atoms with van der Waals surface area (Å²) in [5, 5.41) is 0.108. The first-order valence-corrected chi connectivity index (χ1v) is 7.24. The highest BCUT2D eigenvalue weighted by molar-refractivity contribution is 8.00. The Hall–Kier alpha value is -1.000. The minimum Gasteiger partial charge on any atom is -0.490 e.